The van der Waals surface area contributed by atoms with Crippen molar-refractivity contribution in [3.8, 4) is 0 Å². The maximum absolute atomic E-state index is 9.23. The standard InChI is InChI=1S/C8H18N2O/c1-4-6-7(5(2)3)10-8(11)9-6/h5-11H,4H2,1-3H3. The Hall–Kier alpha value is -0.120. The third-order valence-corrected chi connectivity index (χ3v) is 2.31. The summed E-state index contributed by atoms with van der Waals surface area (Å²) in [4.78, 5) is 0. The number of aliphatic hydroxyl groups is 1. The van der Waals surface area contributed by atoms with E-state index >= 15 is 0 Å². The average molecular weight is 158 g/mol. The molecule has 0 amide bonds. The third kappa shape index (κ3) is 1.92. The summed E-state index contributed by atoms with van der Waals surface area (Å²) in [5.74, 6) is 0.574. The second kappa shape index (κ2) is 3.52. The van der Waals surface area contributed by atoms with Crippen molar-refractivity contribution in [1.29, 1.82) is 0 Å². The van der Waals surface area contributed by atoms with Crippen LogP contribution in [0.1, 0.15) is 27.2 Å². The minimum Gasteiger partial charge on any atom is -0.365 e. The van der Waals surface area contributed by atoms with Crippen LogP contribution in [0.25, 0.3) is 0 Å². The molecule has 1 aliphatic heterocycles. The molecule has 0 radical (unpaired) electrons. The molecule has 3 nitrogen and oxygen atoms in total. The van der Waals surface area contributed by atoms with Gasteiger partial charge in [0.2, 0.25) is 0 Å². The molecule has 3 heteroatoms. The number of aliphatic hydroxyl groups excluding tert-OH is 1. The van der Waals surface area contributed by atoms with Gasteiger partial charge < -0.3 is 5.11 Å². The van der Waals surface area contributed by atoms with E-state index in [4.69, 9.17) is 0 Å². The van der Waals surface area contributed by atoms with Crippen LogP contribution in [-0.2, 0) is 0 Å². The molecule has 0 bridgehead atoms. The molecule has 3 atom stereocenters. The van der Waals surface area contributed by atoms with Gasteiger partial charge in [-0.25, -0.2) is 0 Å². The zero-order valence-electron chi connectivity index (χ0n) is 7.46. The minimum absolute atomic E-state index is 0.412. The van der Waals surface area contributed by atoms with Crippen LogP contribution >= 0.6 is 0 Å². The highest BCUT2D eigenvalue weighted by atomic mass is 16.3. The first kappa shape index (κ1) is 8.97. The Bertz CT molecular complexity index is 127. The van der Waals surface area contributed by atoms with Gasteiger partial charge in [-0.15, -0.1) is 0 Å². The Morgan fingerprint density at radius 2 is 2.00 bits per heavy atom. The lowest BCUT2D eigenvalue weighted by atomic mass is 9.97. The fraction of sp³-hybridized carbons (Fsp3) is 1.00. The molecule has 66 valence electrons. The average Bonchev–Trinajstić information content (AvgIpc) is 2.30. The van der Waals surface area contributed by atoms with Gasteiger partial charge in [0, 0.05) is 12.1 Å². The summed E-state index contributed by atoms with van der Waals surface area (Å²) < 4.78 is 0. The number of rotatable bonds is 2. The van der Waals surface area contributed by atoms with Gasteiger partial charge in [0.15, 0.2) is 6.35 Å². The molecule has 0 aliphatic carbocycles. The number of hydrogen-bond donors (Lipinski definition) is 3. The maximum Gasteiger partial charge on any atom is 0.161 e. The zero-order chi connectivity index (χ0) is 8.43. The topological polar surface area (TPSA) is 44.3 Å². The van der Waals surface area contributed by atoms with Gasteiger partial charge in [-0.05, 0) is 12.3 Å². The first-order valence-corrected chi connectivity index (χ1v) is 4.35. The van der Waals surface area contributed by atoms with Crippen LogP contribution in [0.15, 0.2) is 0 Å². The molecule has 11 heavy (non-hydrogen) atoms. The summed E-state index contributed by atoms with van der Waals surface area (Å²) in [6.07, 6.45) is 0.555. The maximum atomic E-state index is 9.23. The lowest BCUT2D eigenvalue weighted by Gasteiger charge is -2.20. The van der Waals surface area contributed by atoms with E-state index in [1.165, 1.54) is 0 Å². The molecule has 1 saturated heterocycles. The Morgan fingerprint density at radius 3 is 2.36 bits per heavy atom. The second-order valence-corrected chi connectivity index (χ2v) is 3.52. The predicted molar refractivity (Wildman–Crippen MR) is 45.0 cm³/mol. The summed E-state index contributed by atoms with van der Waals surface area (Å²) >= 11 is 0. The van der Waals surface area contributed by atoms with Crippen LogP contribution < -0.4 is 10.6 Å². The highest BCUT2D eigenvalue weighted by Gasteiger charge is 2.32. The van der Waals surface area contributed by atoms with E-state index in [0.29, 0.717) is 18.0 Å². The second-order valence-electron chi connectivity index (χ2n) is 3.52. The third-order valence-electron chi connectivity index (χ3n) is 2.31. The largest absolute Gasteiger partial charge is 0.365 e. The van der Waals surface area contributed by atoms with Crippen LogP contribution in [0, 0.1) is 5.92 Å². The fourth-order valence-electron chi connectivity index (χ4n) is 1.68. The van der Waals surface area contributed by atoms with Crippen LogP contribution in [-0.4, -0.2) is 23.5 Å². The van der Waals surface area contributed by atoms with Gasteiger partial charge in [-0.3, -0.25) is 10.6 Å². The van der Waals surface area contributed by atoms with Crippen molar-refractivity contribution in [2.24, 2.45) is 5.92 Å². The van der Waals surface area contributed by atoms with E-state index in [1.807, 2.05) is 0 Å². The van der Waals surface area contributed by atoms with E-state index in [2.05, 4.69) is 31.4 Å². The van der Waals surface area contributed by atoms with E-state index in [9.17, 15) is 5.11 Å². The molecule has 0 aromatic heterocycles. The van der Waals surface area contributed by atoms with Crippen molar-refractivity contribution in [2.75, 3.05) is 0 Å². The molecule has 1 heterocycles. The molecular weight excluding hydrogens is 140 g/mol. The summed E-state index contributed by atoms with van der Waals surface area (Å²) in [6.45, 7) is 6.47. The summed E-state index contributed by atoms with van der Waals surface area (Å²) in [7, 11) is 0. The van der Waals surface area contributed by atoms with Crippen molar-refractivity contribution >= 4 is 0 Å². The molecule has 3 unspecified atom stereocenters. The normalized spacial score (nSPS) is 38.5. The van der Waals surface area contributed by atoms with Crippen LogP contribution in [0.3, 0.4) is 0 Å². The van der Waals surface area contributed by atoms with E-state index < -0.39 is 6.35 Å². The molecule has 1 rings (SSSR count). The van der Waals surface area contributed by atoms with Crippen molar-refractivity contribution in [2.45, 2.75) is 45.6 Å². The molecule has 1 fully saturated rings. The molecule has 1 aliphatic rings. The van der Waals surface area contributed by atoms with Crippen LogP contribution in [0.4, 0.5) is 0 Å². The molecular formula is C8H18N2O. The number of nitrogens with one attached hydrogen (secondary N) is 2. The molecule has 0 spiro atoms. The molecule has 0 saturated carbocycles. The lowest BCUT2D eigenvalue weighted by molar-refractivity contribution is 0.128. The van der Waals surface area contributed by atoms with E-state index in [-0.39, 0.29) is 0 Å². The summed E-state index contributed by atoms with van der Waals surface area (Å²) in [6, 6.07) is 0.833. The SMILES string of the molecule is CCC1NC(O)NC1C(C)C. The van der Waals surface area contributed by atoms with Gasteiger partial charge in [-0.2, -0.15) is 0 Å². The minimum atomic E-state index is -0.507. The van der Waals surface area contributed by atoms with E-state index in [1.54, 1.807) is 0 Å². The lowest BCUT2D eigenvalue weighted by Crippen LogP contribution is -2.37. The van der Waals surface area contributed by atoms with Gasteiger partial charge >= 0.3 is 0 Å². The van der Waals surface area contributed by atoms with Crippen molar-refractivity contribution in [3.63, 3.8) is 0 Å². The van der Waals surface area contributed by atoms with Gasteiger partial charge in [0.1, 0.15) is 0 Å². The van der Waals surface area contributed by atoms with Crippen molar-refractivity contribution in [3.05, 3.63) is 0 Å². The first-order chi connectivity index (χ1) is 5.15. The van der Waals surface area contributed by atoms with Gasteiger partial charge in [-0.1, -0.05) is 20.8 Å². The van der Waals surface area contributed by atoms with Gasteiger partial charge in [0.05, 0.1) is 0 Å². The predicted octanol–water partition coefficient (Wildman–Crippen LogP) is 0.258. The van der Waals surface area contributed by atoms with Crippen molar-refractivity contribution < 1.29 is 5.11 Å². The zero-order valence-corrected chi connectivity index (χ0v) is 7.46. The monoisotopic (exact) mass is 158 g/mol. The summed E-state index contributed by atoms with van der Waals surface area (Å²) in [5, 5.41) is 15.4. The Labute approximate surface area is 68.2 Å². The van der Waals surface area contributed by atoms with Gasteiger partial charge in [0.25, 0.3) is 0 Å². The van der Waals surface area contributed by atoms with Crippen LogP contribution in [0.2, 0.25) is 0 Å². The molecule has 3 N–H and O–H groups in total. The highest BCUT2D eigenvalue weighted by molar-refractivity contribution is 4.90. The number of hydrogen-bond acceptors (Lipinski definition) is 3. The van der Waals surface area contributed by atoms with Crippen LogP contribution in [0.5, 0.6) is 0 Å². The smallest absolute Gasteiger partial charge is 0.161 e. The Morgan fingerprint density at radius 1 is 1.36 bits per heavy atom. The van der Waals surface area contributed by atoms with E-state index in [0.717, 1.165) is 6.42 Å². The first-order valence-electron chi connectivity index (χ1n) is 4.35. The highest BCUT2D eigenvalue weighted by Crippen LogP contribution is 2.14. The Kier molecular flexibility index (Phi) is 2.87. The molecule has 0 aromatic rings. The van der Waals surface area contributed by atoms with Crippen molar-refractivity contribution in [1.82, 2.24) is 10.6 Å². The Balaban J connectivity index is 2.50. The quantitative estimate of drug-likeness (QED) is 0.540. The molecule has 0 aromatic carbocycles. The summed E-state index contributed by atoms with van der Waals surface area (Å²) in [5.41, 5.74) is 0. The fourth-order valence-corrected chi connectivity index (χ4v) is 1.68.